The van der Waals surface area contributed by atoms with E-state index in [0.29, 0.717) is 11.5 Å². The first-order valence-corrected chi connectivity index (χ1v) is 5.82. The van der Waals surface area contributed by atoms with Crippen LogP contribution in [-0.4, -0.2) is 17.4 Å². The Kier molecular flexibility index (Phi) is 2.50. The van der Waals surface area contributed by atoms with Crippen molar-refractivity contribution in [3.05, 3.63) is 34.9 Å². The molecule has 0 aliphatic carbocycles. The molecular formula is C11H13NOS. The van der Waals surface area contributed by atoms with Gasteiger partial charge in [-0.05, 0) is 24.1 Å². The maximum atomic E-state index is 11.1. The van der Waals surface area contributed by atoms with Gasteiger partial charge in [0.2, 0.25) is 5.91 Å². The van der Waals surface area contributed by atoms with E-state index in [-0.39, 0.29) is 5.91 Å². The zero-order valence-electron chi connectivity index (χ0n) is 8.12. The summed E-state index contributed by atoms with van der Waals surface area (Å²) in [6.45, 7) is 1.98. The van der Waals surface area contributed by atoms with Crippen LogP contribution in [0.5, 0.6) is 0 Å². The van der Waals surface area contributed by atoms with Crippen LogP contribution in [0.1, 0.15) is 27.4 Å². The Morgan fingerprint density at radius 1 is 1.50 bits per heavy atom. The molecule has 1 heterocycles. The first-order valence-electron chi connectivity index (χ1n) is 4.67. The van der Waals surface area contributed by atoms with E-state index in [1.165, 1.54) is 17.1 Å². The Bertz CT molecular complexity index is 372. The van der Waals surface area contributed by atoms with Gasteiger partial charge in [-0.1, -0.05) is 12.1 Å². The number of amides is 1. The number of hydrogen-bond acceptors (Lipinski definition) is 2. The molecule has 0 aromatic heterocycles. The minimum absolute atomic E-state index is 0.323. The molecule has 0 bridgehead atoms. The highest BCUT2D eigenvalue weighted by Crippen LogP contribution is 2.36. The molecule has 1 saturated heterocycles. The number of carbonyl (C=O) groups excluding carboxylic acids is 1. The Labute approximate surface area is 87.9 Å². The lowest BCUT2D eigenvalue weighted by Gasteiger charge is -2.27. The smallest absolute Gasteiger partial charge is 0.248 e. The largest absolute Gasteiger partial charge is 0.366 e. The Morgan fingerprint density at radius 3 is 2.71 bits per heavy atom. The molecule has 1 aliphatic rings. The first-order chi connectivity index (χ1) is 6.70. The van der Waals surface area contributed by atoms with Gasteiger partial charge in [0, 0.05) is 23.0 Å². The van der Waals surface area contributed by atoms with E-state index in [1.54, 1.807) is 6.07 Å². The summed E-state index contributed by atoms with van der Waals surface area (Å²) >= 11 is 1.95. The number of carbonyl (C=O) groups is 1. The molecule has 0 unspecified atom stereocenters. The highest BCUT2D eigenvalue weighted by Gasteiger charge is 2.23. The summed E-state index contributed by atoms with van der Waals surface area (Å²) in [5.41, 5.74) is 8.32. The van der Waals surface area contributed by atoms with E-state index < -0.39 is 0 Å². The zero-order chi connectivity index (χ0) is 10.1. The SMILES string of the molecule is Cc1c(C(N)=O)cccc1C1CSC1. The average molecular weight is 207 g/mol. The third-order valence-corrected chi connectivity index (χ3v) is 4.00. The average Bonchev–Trinajstić information content (AvgIpc) is 2.04. The van der Waals surface area contributed by atoms with Crippen molar-refractivity contribution < 1.29 is 4.79 Å². The number of primary amides is 1. The maximum absolute atomic E-state index is 11.1. The van der Waals surface area contributed by atoms with Crippen molar-refractivity contribution in [3.8, 4) is 0 Å². The lowest BCUT2D eigenvalue weighted by molar-refractivity contribution is 0.0999. The molecule has 0 spiro atoms. The lowest BCUT2D eigenvalue weighted by Crippen LogP contribution is -2.19. The molecular weight excluding hydrogens is 194 g/mol. The summed E-state index contributed by atoms with van der Waals surface area (Å²) < 4.78 is 0. The Balaban J connectivity index is 2.40. The van der Waals surface area contributed by atoms with Crippen molar-refractivity contribution in [2.75, 3.05) is 11.5 Å². The molecule has 1 aromatic rings. The lowest BCUT2D eigenvalue weighted by atomic mass is 9.93. The van der Waals surface area contributed by atoms with E-state index in [9.17, 15) is 4.79 Å². The van der Waals surface area contributed by atoms with Gasteiger partial charge in [-0.15, -0.1) is 0 Å². The van der Waals surface area contributed by atoms with E-state index in [2.05, 4.69) is 6.07 Å². The van der Waals surface area contributed by atoms with Crippen molar-refractivity contribution in [2.45, 2.75) is 12.8 Å². The summed E-state index contributed by atoms with van der Waals surface area (Å²) in [6, 6.07) is 5.82. The fourth-order valence-corrected chi connectivity index (χ4v) is 2.61. The molecule has 3 heteroatoms. The third kappa shape index (κ3) is 1.52. The van der Waals surface area contributed by atoms with E-state index in [0.717, 1.165) is 5.56 Å². The normalized spacial score (nSPS) is 16.4. The van der Waals surface area contributed by atoms with Crippen LogP contribution in [0.3, 0.4) is 0 Å². The topological polar surface area (TPSA) is 43.1 Å². The zero-order valence-corrected chi connectivity index (χ0v) is 8.93. The fourth-order valence-electron chi connectivity index (χ4n) is 1.78. The number of nitrogens with two attached hydrogens (primary N) is 1. The quantitative estimate of drug-likeness (QED) is 0.805. The van der Waals surface area contributed by atoms with Gasteiger partial charge >= 0.3 is 0 Å². The van der Waals surface area contributed by atoms with Crippen molar-refractivity contribution in [2.24, 2.45) is 5.73 Å². The molecule has 1 fully saturated rings. The van der Waals surface area contributed by atoms with Gasteiger partial charge in [-0.2, -0.15) is 11.8 Å². The molecule has 0 atom stereocenters. The Hall–Kier alpha value is -0.960. The first kappa shape index (κ1) is 9.59. The molecule has 0 radical (unpaired) electrons. The van der Waals surface area contributed by atoms with Crippen molar-refractivity contribution in [3.63, 3.8) is 0 Å². The van der Waals surface area contributed by atoms with Gasteiger partial charge < -0.3 is 5.73 Å². The van der Waals surface area contributed by atoms with E-state index >= 15 is 0 Å². The van der Waals surface area contributed by atoms with Gasteiger partial charge in [0.15, 0.2) is 0 Å². The number of hydrogen-bond donors (Lipinski definition) is 1. The predicted molar refractivity (Wildman–Crippen MR) is 59.8 cm³/mol. The molecule has 1 aromatic carbocycles. The second-order valence-electron chi connectivity index (χ2n) is 3.62. The molecule has 0 saturated carbocycles. The van der Waals surface area contributed by atoms with Gasteiger partial charge in [-0.25, -0.2) is 0 Å². The number of benzene rings is 1. The van der Waals surface area contributed by atoms with Crippen LogP contribution in [0.2, 0.25) is 0 Å². The van der Waals surface area contributed by atoms with Crippen LogP contribution in [0, 0.1) is 6.92 Å². The van der Waals surface area contributed by atoms with E-state index in [4.69, 9.17) is 5.73 Å². The Morgan fingerprint density at radius 2 is 2.21 bits per heavy atom. The molecule has 2 nitrogen and oxygen atoms in total. The number of rotatable bonds is 2. The maximum Gasteiger partial charge on any atom is 0.248 e. The third-order valence-electron chi connectivity index (χ3n) is 2.72. The second kappa shape index (κ2) is 3.65. The molecule has 1 aliphatic heterocycles. The molecule has 2 N–H and O–H groups in total. The fraction of sp³-hybridized carbons (Fsp3) is 0.364. The van der Waals surface area contributed by atoms with Crippen molar-refractivity contribution in [1.29, 1.82) is 0 Å². The van der Waals surface area contributed by atoms with Crippen LogP contribution in [0.4, 0.5) is 0 Å². The summed E-state index contributed by atoms with van der Waals surface area (Å²) in [4.78, 5) is 11.1. The predicted octanol–water partition coefficient (Wildman–Crippen LogP) is 1.92. The van der Waals surface area contributed by atoms with E-state index in [1.807, 2.05) is 24.8 Å². The minimum atomic E-state index is -0.323. The highest BCUT2D eigenvalue weighted by atomic mass is 32.2. The molecule has 2 rings (SSSR count). The van der Waals surface area contributed by atoms with Gasteiger partial charge in [0.05, 0.1) is 0 Å². The van der Waals surface area contributed by atoms with Crippen molar-refractivity contribution in [1.82, 2.24) is 0 Å². The van der Waals surface area contributed by atoms with Gasteiger partial charge in [0.1, 0.15) is 0 Å². The van der Waals surface area contributed by atoms with Crippen molar-refractivity contribution >= 4 is 17.7 Å². The molecule has 1 amide bonds. The summed E-state index contributed by atoms with van der Waals surface area (Å²) in [5, 5.41) is 0. The summed E-state index contributed by atoms with van der Waals surface area (Å²) in [7, 11) is 0. The van der Waals surface area contributed by atoms with Crippen LogP contribution < -0.4 is 5.73 Å². The van der Waals surface area contributed by atoms with Crippen LogP contribution in [-0.2, 0) is 0 Å². The highest BCUT2D eigenvalue weighted by molar-refractivity contribution is 8.00. The standard InChI is InChI=1S/C11H13NOS/c1-7-9(8-5-14-6-8)3-2-4-10(7)11(12)13/h2-4,8H,5-6H2,1H3,(H2,12,13). The minimum Gasteiger partial charge on any atom is -0.366 e. The van der Waals surface area contributed by atoms with Gasteiger partial charge in [0.25, 0.3) is 0 Å². The monoisotopic (exact) mass is 207 g/mol. The van der Waals surface area contributed by atoms with Crippen LogP contribution in [0.15, 0.2) is 18.2 Å². The number of thioether (sulfide) groups is 1. The summed E-state index contributed by atoms with van der Waals surface area (Å²) in [5.74, 6) is 2.64. The summed E-state index contributed by atoms with van der Waals surface area (Å²) in [6.07, 6.45) is 0. The van der Waals surface area contributed by atoms with Gasteiger partial charge in [-0.3, -0.25) is 4.79 Å². The van der Waals surface area contributed by atoms with Crippen LogP contribution >= 0.6 is 11.8 Å². The molecule has 74 valence electrons. The molecule has 14 heavy (non-hydrogen) atoms. The second-order valence-corrected chi connectivity index (χ2v) is 4.69. The van der Waals surface area contributed by atoms with Crippen LogP contribution in [0.25, 0.3) is 0 Å².